The maximum Gasteiger partial charge on any atom is 0.276 e. The number of anilines is 1. The summed E-state index contributed by atoms with van der Waals surface area (Å²) in [7, 11) is 0. The van der Waals surface area contributed by atoms with E-state index in [4.69, 9.17) is 5.41 Å². The van der Waals surface area contributed by atoms with Gasteiger partial charge in [0.2, 0.25) is 0 Å². The van der Waals surface area contributed by atoms with Crippen LogP contribution >= 0.6 is 0 Å². The van der Waals surface area contributed by atoms with Crippen LogP contribution in [0.3, 0.4) is 0 Å². The lowest BCUT2D eigenvalue weighted by atomic mass is 9.99. The minimum atomic E-state index is -0.457. The van der Waals surface area contributed by atoms with Crippen LogP contribution in [0.1, 0.15) is 16.1 Å². The Hall–Kier alpha value is -4.50. The summed E-state index contributed by atoms with van der Waals surface area (Å²) in [6, 6.07) is 29.2. The molecule has 0 spiro atoms. The summed E-state index contributed by atoms with van der Waals surface area (Å²) in [4.78, 5) is 13.2. The van der Waals surface area contributed by atoms with Crippen molar-refractivity contribution in [3.05, 3.63) is 108 Å². The second kappa shape index (κ2) is 8.25. The number of amides is 1. The van der Waals surface area contributed by atoms with Gasteiger partial charge >= 0.3 is 0 Å². The van der Waals surface area contributed by atoms with Gasteiger partial charge in [0, 0.05) is 11.3 Å². The standard InChI is InChI=1S/C24H17N5O/c25-16-20-21(17-10-4-1-5-11-17)22(24(30)27-18-12-6-2-7-13-18)28-29(23(20)26)19-14-8-3-9-15-19/h1-15,26H,(H,27,30). The van der Waals surface area contributed by atoms with Crippen molar-refractivity contribution in [1.82, 2.24) is 9.78 Å². The average molecular weight is 391 g/mol. The molecule has 0 unspecified atom stereocenters. The first-order valence-corrected chi connectivity index (χ1v) is 9.28. The Labute approximate surface area is 173 Å². The van der Waals surface area contributed by atoms with Gasteiger partial charge in [-0.2, -0.15) is 10.4 Å². The van der Waals surface area contributed by atoms with Gasteiger partial charge in [-0.3, -0.25) is 10.2 Å². The summed E-state index contributed by atoms with van der Waals surface area (Å²) in [6.45, 7) is 0. The third-order valence-corrected chi connectivity index (χ3v) is 4.56. The minimum absolute atomic E-state index is 0.0708. The Balaban J connectivity index is 1.97. The van der Waals surface area contributed by atoms with Gasteiger partial charge in [-0.15, -0.1) is 0 Å². The number of carbonyl (C=O) groups is 1. The number of benzene rings is 3. The molecule has 1 heterocycles. The second-order valence-corrected chi connectivity index (χ2v) is 6.49. The first-order chi connectivity index (χ1) is 14.7. The van der Waals surface area contributed by atoms with Crippen molar-refractivity contribution >= 4 is 11.6 Å². The van der Waals surface area contributed by atoms with E-state index in [1.54, 1.807) is 36.4 Å². The number of nitrogens with zero attached hydrogens (tertiary/aromatic N) is 3. The van der Waals surface area contributed by atoms with E-state index in [1.807, 2.05) is 54.6 Å². The van der Waals surface area contributed by atoms with E-state index in [0.717, 1.165) is 0 Å². The van der Waals surface area contributed by atoms with Crippen LogP contribution in [0.2, 0.25) is 0 Å². The molecule has 0 radical (unpaired) electrons. The molecule has 0 saturated carbocycles. The molecule has 0 aliphatic rings. The van der Waals surface area contributed by atoms with Gasteiger partial charge in [0.25, 0.3) is 5.91 Å². The summed E-state index contributed by atoms with van der Waals surface area (Å²) in [5, 5.41) is 25.8. The molecular weight excluding hydrogens is 374 g/mol. The van der Waals surface area contributed by atoms with Crippen LogP contribution in [-0.4, -0.2) is 15.7 Å². The van der Waals surface area contributed by atoms with E-state index >= 15 is 0 Å². The Bertz CT molecular complexity index is 1290. The summed E-state index contributed by atoms with van der Waals surface area (Å²) in [5.74, 6) is -0.457. The highest BCUT2D eigenvalue weighted by Crippen LogP contribution is 2.25. The quantitative estimate of drug-likeness (QED) is 0.547. The van der Waals surface area contributed by atoms with E-state index in [-0.39, 0.29) is 16.7 Å². The highest BCUT2D eigenvalue weighted by molar-refractivity contribution is 6.07. The zero-order valence-electron chi connectivity index (χ0n) is 15.9. The Morgan fingerprint density at radius 3 is 2.07 bits per heavy atom. The highest BCUT2D eigenvalue weighted by Gasteiger charge is 2.23. The van der Waals surface area contributed by atoms with Crippen molar-refractivity contribution in [2.75, 3.05) is 5.32 Å². The molecule has 1 amide bonds. The Kier molecular flexibility index (Phi) is 5.18. The third-order valence-electron chi connectivity index (χ3n) is 4.56. The Morgan fingerprint density at radius 1 is 0.900 bits per heavy atom. The van der Waals surface area contributed by atoms with E-state index < -0.39 is 5.91 Å². The number of rotatable bonds is 4. The van der Waals surface area contributed by atoms with Crippen molar-refractivity contribution in [3.63, 3.8) is 0 Å². The van der Waals surface area contributed by atoms with E-state index in [2.05, 4.69) is 16.5 Å². The molecule has 30 heavy (non-hydrogen) atoms. The van der Waals surface area contributed by atoms with Crippen LogP contribution in [0.5, 0.6) is 0 Å². The van der Waals surface area contributed by atoms with Gasteiger partial charge in [0.05, 0.1) is 5.69 Å². The molecular formula is C24H17N5O. The SMILES string of the molecule is N#Cc1c(-c2ccccc2)c(C(=O)Nc2ccccc2)nn(-c2ccccc2)c1=N. The van der Waals surface area contributed by atoms with Crippen molar-refractivity contribution in [2.45, 2.75) is 0 Å². The molecule has 3 aromatic carbocycles. The molecule has 0 aliphatic carbocycles. The molecule has 2 N–H and O–H groups in total. The molecule has 4 rings (SSSR count). The topological polar surface area (TPSA) is 94.6 Å². The minimum Gasteiger partial charge on any atom is -0.321 e. The zero-order valence-corrected chi connectivity index (χ0v) is 15.9. The number of aromatic nitrogens is 2. The Morgan fingerprint density at radius 2 is 1.47 bits per heavy atom. The van der Waals surface area contributed by atoms with Crippen LogP contribution in [0.25, 0.3) is 16.8 Å². The maximum absolute atomic E-state index is 13.2. The number of carbonyl (C=O) groups excluding carboxylic acids is 1. The van der Waals surface area contributed by atoms with E-state index in [1.165, 1.54) is 4.68 Å². The zero-order chi connectivity index (χ0) is 20.9. The number of nitriles is 1. The van der Waals surface area contributed by atoms with Crippen LogP contribution in [0.4, 0.5) is 5.69 Å². The lowest BCUT2D eigenvalue weighted by Gasteiger charge is -2.15. The van der Waals surface area contributed by atoms with Crippen molar-refractivity contribution in [1.29, 1.82) is 10.7 Å². The molecule has 6 nitrogen and oxygen atoms in total. The third kappa shape index (κ3) is 3.60. The van der Waals surface area contributed by atoms with Gasteiger partial charge in [-0.25, -0.2) is 4.68 Å². The van der Waals surface area contributed by atoms with Gasteiger partial charge in [0.15, 0.2) is 11.2 Å². The fourth-order valence-corrected chi connectivity index (χ4v) is 3.16. The fourth-order valence-electron chi connectivity index (χ4n) is 3.16. The predicted molar refractivity (Wildman–Crippen MR) is 114 cm³/mol. The van der Waals surface area contributed by atoms with Crippen LogP contribution in [0.15, 0.2) is 91.0 Å². The number of para-hydroxylation sites is 2. The second-order valence-electron chi connectivity index (χ2n) is 6.49. The maximum atomic E-state index is 13.2. The normalized spacial score (nSPS) is 10.2. The number of hydrogen-bond acceptors (Lipinski definition) is 4. The fraction of sp³-hybridized carbons (Fsp3) is 0. The lowest BCUT2D eigenvalue weighted by Crippen LogP contribution is -2.29. The smallest absolute Gasteiger partial charge is 0.276 e. The average Bonchev–Trinajstić information content (AvgIpc) is 2.80. The van der Waals surface area contributed by atoms with Gasteiger partial charge in [-0.1, -0.05) is 66.7 Å². The molecule has 0 bridgehead atoms. The van der Waals surface area contributed by atoms with Gasteiger partial charge in [0.1, 0.15) is 11.6 Å². The van der Waals surface area contributed by atoms with E-state index in [9.17, 15) is 10.1 Å². The van der Waals surface area contributed by atoms with E-state index in [0.29, 0.717) is 22.5 Å². The van der Waals surface area contributed by atoms with Gasteiger partial charge in [-0.05, 0) is 29.8 Å². The molecule has 1 aromatic heterocycles. The summed E-state index contributed by atoms with van der Waals surface area (Å²) in [6.07, 6.45) is 0. The monoisotopic (exact) mass is 391 g/mol. The largest absolute Gasteiger partial charge is 0.321 e. The molecule has 0 fully saturated rings. The molecule has 0 saturated heterocycles. The molecule has 0 atom stereocenters. The predicted octanol–water partition coefficient (Wildman–Crippen LogP) is 4.14. The van der Waals surface area contributed by atoms with Gasteiger partial charge < -0.3 is 5.32 Å². The highest BCUT2D eigenvalue weighted by atomic mass is 16.1. The van der Waals surface area contributed by atoms with Crippen molar-refractivity contribution < 1.29 is 4.79 Å². The molecule has 0 aliphatic heterocycles. The summed E-state index contributed by atoms with van der Waals surface area (Å²) >= 11 is 0. The van der Waals surface area contributed by atoms with Crippen molar-refractivity contribution in [2.24, 2.45) is 0 Å². The van der Waals surface area contributed by atoms with Crippen LogP contribution < -0.4 is 10.8 Å². The van der Waals surface area contributed by atoms with Crippen LogP contribution in [-0.2, 0) is 0 Å². The summed E-state index contributed by atoms with van der Waals surface area (Å²) < 4.78 is 1.31. The first kappa shape index (κ1) is 18.8. The first-order valence-electron chi connectivity index (χ1n) is 9.28. The molecule has 144 valence electrons. The molecule has 4 aromatic rings. The van der Waals surface area contributed by atoms with Crippen molar-refractivity contribution in [3.8, 4) is 22.9 Å². The van der Waals surface area contributed by atoms with Crippen LogP contribution in [0, 0.1) is 16.7 Å². The summed E-state index contributed by atoms with van der Waals surface area (Å²) in [5.41, 5.74) is 2.26. The number of hydrogen-bond donors (Lipinski definition) is 2. The number of nitrogens with one attached hydrogen (secondary N) is 2. The lowest BCUT2D eigenvalue weighted by molar-refractivity contribution is 0.102. The molecule has 6 heteroatoms.